The molecule has 10 nitrogen and oxygen atoms in total. The number of phenols is 2. The van der Waals surface area contributed by atoms with E-state index in [-0.39, 0.29) is 46.5 Å². The number of non-ortho nitro benzene ring substituents is 1. The predicted octanol–water partition coefficient (Wildman–Crippen LogP) is 3.15. The minimum Gasteiger partial charge on any atom is -0.508 e. The zero-order chi connectivity index (χ0) is 21.0. The highest BCUT2D eigenvalue weighted by molar-refractivity contribution is 5.93. The Hall–Kier alpha value is -4.15. The lowest BCUT2D eigenvalue weighted by atomic mass is 10.1. The maximum absolute atomic E-state index is 12.2. The summed E-state index contributed by atoms with van der Waals surface area (Å²) in [6.45, 7) is -0.942. The fraction of sp³-hybridized carbons (Fsp3) is 0.111. The maximum Gasteiger partial charge on any atom is 0.273 e. The maximum atomic E-state index is 12.2. The van der Waals surface area contributed by atoms with Crippen LogP contribution in [-0.4, -0.2) is 39.4 Å². The molecule has 0 radical (unpaired) electrons. The van der Waals surface area contributed by atoms with E-state index in [4.69, 9.17) is 9.26 Å². The fourth-order valence-electron chi connectivity index (χ4n) is 2.43. The monoisotopic (exact) mass is 403 g/mol. The van der Waals surface area contributed by atoms with Crippen molar-refractivity contribution in [2.75, 3.05) is 13.2 Å². The number of hydrogen-bond donors (Lipinski definition) is 3. The van der Waals surface area contributed by atoms with Gasteiger partial charge in [0.05, 0.1) is 4.92 Å². The van der Waals surface area contributed by atoms with Crippen LogP contribution >= 0.6 is 0 Å². The first-order valence-corrected chi connectivity index (χ1v) is 8.18. The first-order valence-electron chi connectivity index (χ1n) is 8.18. The third-order valence-electron chi connectivity index (χ3n) is 3.71. The molecule has 2 aromatic carbocycles. The van der Waals surface area contributed by atoms with E-state index >= 15 is 0 Å². The normalized spacial score (nSPS) is 10.5. The molecule has 11 heteroatoms. The molecule has 0 aliphatic carbocycles. The number of amides is 1. The van der Waals surface area contributed by atoms with Crippen LogP contribution in [0.5, 0.6) is 23.0 Å². The number of phenolic OH excluding ortho intramolecular Hbond substituents is 2. The van der Waals surface area contributed by atoms with Crippen molar-refractivity contribution in [2.24, 2.45) is 0 Å². The number of aromatic hydroxyl groups is 2. The molecule has 150 valence electrons. The summed E-state index contributed by atoms with van der Waals surface area (Å²) in [4.78, 5) is 22.0. The average Bonchev–Trinajstić information content (AvgIpc) is 3.15. The van der Waals surface area contributed by atoms with Gasteiger partial charge in [-0.1, -0.05) is 5.16 Å². The van der Waals surface area contributed by atoms with E-state index in [1.165, 1.54) is 36.4 Å². The van der Waals surface area contributed by atoms with Gasteiger partial charge >= 0.3 is 0 Å². The summed E-state index contributed by atoms with van der Waals surface area (Å²) in [5.41, 5.74) is -0.309. The summed E-state index contributed by atoms with van der Waals surface area (Å²) in [6, 6.07) is 8.53. The third-order valence-corrected chi connectivity index (χ3v) is 3.71. The second kappa shape index (κ2) is 8.25. The number of ether oxygens (including phenoxy) is 1. The molecule has 0 aliphatic rings. The van der Waals surface area contributed by atoms with E-state index in [9.17, 15) is 29.5 Å². The molecule has 29 heavy (non-hydrogen) atoms. The van der Waals surface area contributed by atoms with Crippen molar-refractivity contribution in [3.63, 3.8) is 0 Å². The Kier molecular flexibility index (Phi) is 5.58. The largest absolute Gasteiger partial charge is 0.508 e. The van der Waals surface area contributed by atoms with E-state index in [0.29, 0.717) is 0 Å². The standard InChI is InChI=1S/C18H14FN3O7/c19-5-6-20-18(25)13-9-16(29-21-13)17-14(24)7-11(23)8-15(17)28-12-3-1-10(2-4-12)22(26)27/h1-4,7-9,23-24H,5-6H2,(H,20,25). The zero-order valence-electron chi connectivity index (χ0n) is 14.7. The summed E-state index contributed by atoms with van der Waals surface area (Å²) in [7, 11) is 0. The molecule has 0 spiro atoms. The number of carbonyl (C=O) groups excluding carboxylic acids is 1. The van der Waals surface area contributed by atoms with Crippen LogP contribution in [0, 0.1) is 10.1 Å². The second-order valence-corrected chi connectivity index (χ2v) is 5.71. The quantitative estimate of drug-likeness (QED) is 0.402. The SMILES string of the molecule is O=C(NCCF)c1cc(-c2c(O)cc(O)cc2Oc2ccc([N+](=O)[O-])cc2)on1. The van der Waals surface area contributed by atoms with Crippen molar-refractivity contribution in [2.45, 2.75) is 0 Å². The lowest BCUT2D eigenvalue weighted by molar-refractivity contribution is -0.384. The van der Waals surface area contributed by atoms with E-state index < -0.39 is 23.3 Å². The number of carbonyl (C=O) groups is 1. The van der Waals surface area contributed by atoms with Gasteiger partial charge in [0, 0.05) is 36.9 Å². The second-order valence-electron chi connectivity index (χ2n) is 5.71. The molecular formula is C18H14FN3O7. The van der Waals surface area contributed by atoms with Crippen LogP contribution in [0.1, 0.15) is 10.5 Å². The van der Waals surface area contributed by atoms with Crippen LogP contribution in [0.3, 0.4) is 0 Å². The minimum absolute atomic E-state index is 0.0156. The van der Waals surface area contributed by atoms with Gasteiger partial charge in [0.2, 0.25) is 0 Å². The Morgan fingerprint density at radius 3 is 2.62 bits per heavy atom. The van der Waals surface area contributed by atoms with Gasteiger partial charge in [-0.2, -0.15) is 0 Å². The van der Waals surface area contributed by atoms with Crippen molar-refractivity contribution < 1.29 is 33.6 Å². The average molecular weight is 403 g/mol. The van der Waals surface area contributed by atoms with Gasteiger partial charge in [-0.05, 0) is 12.1 Å². The van der Waals surface area contributed by atoms with Crippen LogP contribution in [-0.2, 0) is 0 Å². The molecule has 0 atom stereocenters. The number of benzene rings is 2. The number of nitrogens with one attached hydrogen (secondary N) is 1. The summed E-state index contributed by atoms with van der Waals surface area (Å²) in [5, 5.41) is 36.6. The number of aromatic nitrogens is 1. The van der Waals surface area contributed by atoms with E-state index in [0.717, 1.165) is 6.07 Å². The van der Waals surface area contributed by atoms with Gasteiger partial charge in [0.25, 0.3) is 11.6 Å². The van der Waals surface area contributed by atoms with Crippen molar-refractivity contribution in [1.82, 2.24) is 10.5 Å². The first kappa shape index (κ1) is 19.6. The van der Waals surface area contributed by atoms with Crippen molar-refractivity contribution in [3.05, 3.63) is 58.3 Å². The molecule has 1 aromatic heterocycles. The smallest absolute Gasteiger partial charge is 0.273 e. The minimum atomic E-state index is -0.748. The topological polar surface area (TPSA) is 148 Å². The molecule has 0 bridgehead atoms. The molecule has 1 amide bonds. The highest BCUT2D eigenvalue weighted by Crippen LogP contribution is 2.43. The molecule has 0 saturated carbocycles. The number of rotatable bonds is 7. The van der Waals surface area contributed by atoms with Gasteiger partial charge < -0.3 is 24.8 Å². The first-order chi connectivity index (χ1) is 13.9. The Balaban J connectivity index is 1.94. The molecule has 0 saturated heterocycles. The van der Waals surface area contributed by atoms with E-state index in [1.807, 2.05) is 0 Å². The van der Waals surface area contributed by atoms with Crippen LogP contribution in [0.15, 0.2) is 47.0 Å². The van der Waals surface area contributed by atoms with Crippen molar-refractivity contribution >= 4 is 11.6 Å². The van der Waals surface area contributed by atoms with Gasteiger partial charge in [-0.25, -0.2) is 4.39 Å². The number of alkyl halides is 1. The molecule has 0 unspecified atom stereocenters. The summed E-state index contributed by atoms with van der Waals surface area (Å²) >= 11 is 0. The number of hydrogen-bond acceptors (Lipinski definition) is 8. The predicted molar refractivity (Wildman–Crippen MR) is 96.7 cm³/mol. The number of nitro groups is 1. The molecule has 3 N–H and O–H groups in total. The number of nitrogens with zero attached hydrogens (tertiary/aromatic N) is 2. The number of halogens is 1. The lowest BCUT2D eigenvalue weighted by Crippen LogP contribution is -2.25. The summed E-state index contributed by atoms with van der Waals surface area (Å²) in [5.74, 6) is -1.33. The van der Waals surface area contributed by atoms with Crippen LogP contribution < -0.4 is 10.1 Å². The van der Waals surface area contributed by atoms with Gasteiger partial charge in [-0.15, -0.1) is 0 Å². The number of nitro benzene ring substituents is 1. The van der Waals surface area contributed by atoms with Crippen LogP contribution in [0.2, 0.25) is 0 Å². The lowest BCUT2D eigenvalue weighted by Gasteiger charge is -2.11. The van der Waals surface area contributed by atoms with Gasteiger partial charge in [0.1, 0.15) is 35.2 Å². The van der Waals surface area contributed by atoms with Gasteiger partial charge in [-0.3, -0.25) is 14.9 Å². The molecule has 1 heterocycles. The fourth-order valence-corrected chi connectivity index (χ4v) is 2.43. The van der Waals surface area contributed by atoms with E-state index in [1.54, 1.807) is 0 Å². The van der Waals surface area contributed by atoms with Crippen molar-refractivity contribution in [3.8, 4) is 34.3 Å². The summed E-state index contributed by atoms with van der Waals surface area (Å²) < 4.78 is 22.9. The Morgan fingerprint density at radius 2 is 1.97 bits per heavy atom. The third kappa shape index (κ3) is 4.40. The van der Waals surface area contributed by atoms with E-state index in [2.05, 4.69) is 10.5 Å². The zero-order valence-corrected chi connectivity index (χ0v) is 14.7. The van der Waals surface area contributed by atoms with Crippen LogP contribution in [0.4, 0.5) is 10.1 Å². The van der Waals surface area contributed by atoms with Crippen LogP contribution in [0.25, 0.3) is 11.3 Å². The van der Waals surface area contributed by atoms with Crippen molar-refractivity contribution in [1.29, 1.82) is 0 Å². The highest BCUT2D eigenvalue weighted by atomic mass is 19.1. The molecule has 3 aromatic rings. The molecule has 3 rings (SSSR count). The molecular weight excluding hydrogens is 389 g/mol. The Bertz CT molecular complexity index is 1050. The Labute approximate surface area is 162 Å². The molecule has 0 fully saturated rings. The highest BCUT2D eigenvalue weighted by Gasteiger charge is 2.21. The summed E-state index contributed by atoms with van der Waals surface area (Å²) in [6.07, 6.45) is 0. The molecule has 0 aliphatic heterocycles. The van der Waals surface area contributed by atoms with Gasteiger partial charge in [0.15, 0.2) is 11.5 Å². The Morgan fingerprint density at radius 1 is 1.24 bits per heavy atom.